The summed E-state index contributed by atoms with van der Waals surface area (Å²) < 4.78 is 35.5. The predicted octanol–water partition coefficient (Wildman–Crippen LogP) is 2.12. The van der Waals surface area contributed by atoms with Crippen molar-refractivity contribution < 1.29 is 32.3 Å². The number of nitrogens with one attached hydrogen (secondary N) is 1. The van der Waals surface area contributed by atoms with E-state index in [1.54, 1.807) is 18.2 Å². The van der Waals surface area contributed by atoms with Gasteiger partial charge in [-0.1, -0.05) is 12.1 Å². The number of fused-ring (bicyclic) bond motifs is 1. The smallest absolute Gasteiger partial charge is 0.263 e. The zero-order valence-corrected chi connectivity index (χ0v) is 19.2. The van der Waals surface area contributed by atoms with Gasteiger partial charge in [0.1, 0.15) is 15.6 Å². The van der Waals surface area contributed by atoms with Crippen LogP contribution in [0, 0.1) is 5.92 Å². The highest BCUT2D eigenvalue weighted by molar-refractivity contribution is 7.90. The van der Waals surface area contributed by atoms with Gasteiger partial charge in [-0.25, -0.2) is 8.42 Å². The maximum atomic E-state index is 13.4. The number of carbonyl (C=O) groups excluding carboxylic acids is 3. The average Bonchev–Trinajstić information content (AvgIpc) is 2.96. The summed E-state index contributed by atoms with van der Waals surface area (Å²) >= 11 is 0. The number of hydrogen-bond acceptors (Lipinski definition) is 7. The van der Waals surface area contributed by atoms with Crippen molar-refractivity contribution in [3.05, 3.63) is 53.0 Å². The van der Waals surface area contributed by atoms with Gasteiger partial charge in [0, 0.05) is 25.5 Å². The Balaban J connectivity index is 2.03. The summed E-state index contributed by atoms with van der Waals surface area (Å²) in [4.78, 5) is 39.2. The second-order valence-corrected chi connectivity index (χ2v) is 9.89. The predicted molar refractivity (Wildman–Crippen MR) is 118 cm³/mol. The number of ether oxygens (including phenoxy) is 2. The summed E-state index contributed by atoms with van der Waals surface area (Å²) in [6.07, 6.45) is 4.72. The number of imide groups is 1. The molecule has 3 amide bonds. The van der Waals surface area contributed by atoms with Crippen LogP contribution in [0.4, 0.5) is 5.69 Å². The number of amides is 3. The minimum atomic E-state index is -3.56. The first kappa shape index (κ1) is 23.5. The number of anilines is 1. The zero-order valence-electron chi connectivity index (χ0n) is 18.4. The number of allylic oxidation sites excluding steroid dienone is 2. The molecule has 1 aliphatic carbocycles. The highest BCUT2D eigenvalue weighted by Gasteiger charge is 2.45. The van der Waals surface area contributed by atoms with E-state index in [-0.39, 0.29) is 23.2 Å². The molecular formula is C22H26N2O7S. The molecule has 0 saturated heterocycles. The highest BCUT2D eigenvalue weighted by atomic mass is 32.2. The van der Waals surface area contributed by atoms with Gasteiger partial charge in [0.25, 0.3) is 11.8 Å². The number of sulfone groups is 1. The molecule has 2 aliphatic rings. The molecule has 1 heterocycles. The van der Waals surface area contributed by atoms with Crippen LogP contribution in [-0.4, -0.2) is 62.8 Å². The quantitative estimate of drug-likeness (QED) is 0.588. The fourth-order valence-corrected chi connectivity index (χ4v) is 5.05. The van der Waals surface area contributed by atoms with Crippen LogP contribution in [0.3, 0.4) is 0 Å². The van der Waals surface area contributed by atoms with Crippen molar-refractivity contribution in [3.8, 4) is 0 Å². The molecule has 1 N–H and O–H groups in total. The first-order valence-corrected chi connectivity index (χ1v) is 12.2. The van der Waals surface area contributed by atoms with Gasteiger partial charge in [-0.05, 0) is 25.1 Å². The Labute approximate surface area is 187 Å². The monoisotopic (exact) mass is 462 g/mol. The molecular weight excluding hydrogens is 436 g/mol. The van der Waals surface area contributed by atoms with Gasteiger partial charge in [-0.3, -0.25) is 19.3 Å². The molecule has 0 fully saturated rings. The summed E-state index contributed by atoms with van der Waals surface area (Å²) in [7, 11) is -2.06. The largest absolute Gasteiger partial charge is 0.494 e. The lowest BCUT2D eigenvalue weighted by molar-refractivity contribution is -0.114. The van der Waals surface area contributed by atoms with Gasteiger partial charge in [-0.2, -0.15) is 0 Å². The molecule has 2 atom stereocenters. The van der Waals surface area contributed by atoms with Crippen molar-refractivity contribution in [2.75, 3.05) is 31.0 Å². The fourth-order valence-electron chi connectivity index (χ4n) is 4.04. The maximum Gasteiger partial charge on any atom is 0.263 e. The Morgan fingerprint density at radius 3 is 2.59 bits per heavy atom. The third-order valence-electron chi connectivity index (χ3n) is 5.29. The van der Waals surface area contributed by atoms with Crippen molar-refractivity contribution >= 4 is 33.2 Å². The third kappa shape index (κ3) is 4.69. The number of rotatable bonds is 8. The molecule has 0 radical (unpaired) electrons. The van der Waals surface area contributed by atoms with E-state index in [1.165, 1.54) is 26.2 Å². The Morgan fingerprint density at radius 1 is 1.28 bits per heavy atom. The van der Waals surface area contributed by atoms with Gasteiger partial charge in [0.2, 0.25) is 5.91 Å². The van der Waals surface area contributed by atoms with E-state index < -0.39 is 45.3 Å². The molecule has 1 aromatic carbocycles. The van der Waals surface area contributed by atoms with E-state index in [0.717, 1.165) is 11.2 Å². The van der Waals surface area contributed by atoms with Crippen molar-refractivity contribution in [2.45, 2.75) is 26.3 Å². The molecule has 0 bridgehead atoms. The second-order valence-electron chi connectivity index (χ2n) is 7.70. The van der Waals surface area contributed by atoms with E-state index in [4.69, 9.17) is 9.47 Å². The van der Waals surface area contributed by atoms with Gasteiger partial charge in [-0.15, -0.1) is 0 Å². The van der Waals surface area contributed by atoms with Crippen molar-refractivity contribution in [2.24, 2.45) is 5.92 Å². The summed E-state index contributed by atoms with van der Waals surface area (Å²) in [5, 5.41) is 2.57. The highest BCUT2D eigenvalue weighted by Crippen LogP contribution is 2.36. The van der Waals surface area contributed by atoms with Crippen molar-refractivity contribution in [1.82, 2.24) is 4.90 Å². The van der Waals surface area contributed by atoms with Gasteiger partial charge >= 0.3 is 0 Å². The number of methoxy groups -OCH3 is 1. The maximum absolute atomic E-state index is 13.4. The van der Waals surface area contributed by atoms with Gasteiger partial charge in [0.05, 0.1) is 42.3 Å². The first-order valence-electron chi connectivity index (χ1n) is 10.1. The van der Waals surface area contributed by atoms with Crippen LogP contribution in [-0.2, 0) is 24.1 Å². The normalized spacial score (nSPS) is 19.1. The third-order valence-corrected chi connectivity index (χ3v) is 6.23. The minimum absolute atomic E-state index is 0.0594. The fraction of sp³-hybridized carbons (Fsp3) is 0.409. The molecule has 3 rings (SSSR count). The van der Waals surface area contributed by atoms with E-state index >= 15 is 0 Å². The van der Waals surface area contributed by atoms with Crippen LogP contribution in [0.5, 0.6) is 0 Å². The molecule has 172 valence electrons. The molecule has 9 nitrogen and oxygen atoms in total. The van der Waals surface area contributed by atoms with Crippen LogP contribution >= 0.6 is 0 Å². The second kappa shape index (κ2) is 9.15. The Kier molecular flexibility index (Phi) is 6.73. The number of nitrogens with zero attached hydrogens (tertiary/aromatic N) is 1. The molecule has 32 heavy (non-hydrogen) atoms. The molecule has 0 aromatic heterocycles. The van der Waals surface area contributed by atoms with Crippen molar-refractivity contribution in [1.29, 1.82) is 0 Å². The summed E-state index contributed by atoms with van der Waals surface area (Å²) in [6, 6.07) is 3.62. The Hall–Kier alpha value is -3.14. The Morgan fingerprint density at radius 2 is 2.00 bits per heavy atom. The average molecular weight is 463 g/mol. The molecule has 1 unspecified atom stereocenters. The molecule has 0 spiro atoms. The Bertz CT molecular complexity index is 1120. The van der Waals surface area contributed by atoms with E-state index in [0.29, 0.717) is 18.1 Å². The standard InChI is InChI=1S/C22H26N2O7S/c1-5-31-19-11-14(9-10-18(19)30-3)17(12-32(4,28)29)24-21(26)15-7-6-8-16(23-13(2)25)20(15)22(24)27/h6-10,14,17H,5,11-12H2,1-4H3,(H,23,25)/t14?,17-/m1/s1. The van der Waals surface area contributed by atoms with E-state index in [2.05, 4.69) is 5.32 Å². The van der Waals surface area contributed by atoms with Gasteiger partial charge in [0.15, 0.2) is 5.76 Å². The summed E-state index contributed by atoms with van der Waals surface area (Å²) in [6.45, 7) is 3.49. The summed E-state index contributed by atoms with van der Waals surface area (Å²) in [5.41, 5.74) is 0.395. The number of carbonyl (C=O) groups is 3. The molecule has 10 heteroatoms. The minimum Gasteiger partial charge on any atom is -0.494 e. The first-order chi connectivity index (χ1) is 15.1. The lowest BCUT2D eigenvalue weighted by Gasteiger charge is -2.33. The lowest BCUT2D eigenvalue weighted by atomic mass is 9.90. The topological polar surface area (TPSA) is 119 Å². The van der Waals surface area contributed by atoms with Crippen LogP contribution < -0.4 is 5.32 Å². The molecule has 1 aromatic rings. The van der Waals surface area contributed by atoms with Crippen LogP contribution in [0.1, 0.15) is 41.0 Å². The molecule has 1 aliphatic heterocycles. The van der Waals surface area contributed by atoms with Crippen molar-refractivity contribution in [3.63, 3.8) is 0 Å². The number of benzene rings is 1. The zero-order chi connectivity index (χ0) is 23.6. The van der Waals surface area contributed by atoms with Gasteiger partial charge < -0.3 is 14.8 Å². The van der Waals surface area contributed by atoms with E-state index in [1.807, 2.05) is 6.92 Å². The van der Waals surface area contributed by atoms with Crippen LogP contribution in [0.25, 0.3) is 0 Å². The summed E-state index contributed by atoms with van der Waals surface area (Å²) in [5.74, 6) is -1.51. The lowest BCUT2D eigenvalue weighted by Crippen LogP contribution is -2.48. The molecule has 0 saturated carbocycles. The van der Waals surface area contributed by atoms with Crippen LogP contribution in [0.2, 0.25) is 0 Å². The van der Waals surface area contributed by atoms with E-state index in [9.17, 15) is 22.8 Å². The van der Waals surface area contributed by atoms with Crippen LogP contribution in [0.15, 0.2) is 41.9 Å². The SMILES string of the molecule is CCOC1=C(OC)C=CC([C@@H](CS(C)(=O)=O)N2C(=O)c3cccc(NC(C)=O)c3C2=O)C1. The number of hydrogen-bond donors (Lipinski definition) is 1.